The van der Waals surface area contributed by atoms with Crippen LogP contribution in [0.25, 0.3) is 0 Å². The Morgan fingerprint density at radius 3 is 2.00 bits per heavy atom. The molecular weight excluding hydrogens is 278 g/mol. The Morgan fingerprint density at radius 1 is 0.864 bits per heavy atom. The molecule has 0 aromatic carbocycles. The molecule has 1 unspecified atom stereocenters. The molecule has 0 amide bonds. The number of carbonyl (C=O) groups is 3. The molecule has 1 heterocycles. The van der Waals surface area contributed by atoms with Crippen molar-refractivity contribution in [3.05, 3.63) is 0 Å². The molecule has 2 saturated carbocycles. The van der Waals surface area contributed by atoms with Gasteiger partial charge in [0.25, 0.3) is 0 Å². The fourth-order valence-electron chi connectivity index (χ4n) is 4.33. The topological polar surface area (TPSA) is 63.6 Å². The monoisotopic (exact) mass is 303 g/mol. The molecule has 3 aliphatic rings. The van der Waals surface area contributed by atoms with Gasteiger partial charge in [0.15, 0.2) is 0 Å². The van der Waals surface area contributed by atoms with Crippen LogP contribution in [0.4, 0.5) is 0 Å². The highest BCUT2D eigenvalue weighted by Gasteiger charge is 2.56. The summed E-state index contributed by atoms with van der Waals surface area (Å²) < 4.78 is 0. The number of hydrogen-bond acceptors (Lipinski definition) is 4. The quantitative estimate of drug-likeness (QED) is 0.646. The molecule has 1 spiro atoms. The highest BCUT2D eigenvalue weighted by molar-refractivity contribution is 6.14. The lowest BCUT2D eigenvalue weighted by Crippen LogP contribution is -2.55. The van der Waals surface area contributed by atoms with Crippen molar-refractivity contribution in [2.24, 2.45) is 27.2 Å². The lowest BCUT2D eigenvalue weighted by molar-refractivity contribution is -0.149. The molecule has 1 aliphatic heterocycles. The van der Waals surface area contributed by atoms with Gasteiger partial charge in [0.1, 0.15) is 22.8 Å². The minimum absolute atomic E-state index is 0.00539. The summed E-state index contributed by atoms with van der Waals surface area (Å²) in [7, 11) is 0. The van der Waals surface area contributed by atoms with Crippen LogP contribution in [0.15, 0.2) is 4.99 Å². The molecule has 2 fully saturated rings. The van der Waals surface area contributed by atoms with Crippen molar-refractivity contribution in [3.8, 4) is 0 Å². The van der Waals surface area contributed by atoms with Gasteiger partial charge in [-0.2, -0.15) is 0 Å². The molecule has 1 atom stereocenters. The molecular formula is C18H25NO3. The van der Waals surface area contributed by atoms with Gasteiger partial charge in [-0.3, -0.25) is 19.4 Å². The molecule has 0 aromatic rings. The lowest BCUT2D eigenvalue weighted by Gasteiger charge is -2.46. The average molecular weight is 303 g/mol. The van der Waals surface area contributed by atoms with Crippen molar-refractivity contribution in [3.63, 3.8) is 0 Å². The predicted octanol–water partition coefficient (Wildman–Crippen LogP) is 2.78. The first-order valence-corrected chi connectivity index (χ1v) is 8.17. The first-order valence-electron chi connectivity index (χ1n) is 8.17. The van der Waals surface area contributed by atoms with Crippen LogP contribution in [-0.4, -0.2) is 29.6 Å². The zero-order chi connectivity index (χ0) is 16.3. The number of Topliss-reactive ketones (excluding diaryl/α,β-unsaturated/α-hetero) is 3. The molecule has 0 N–H and O–H groups in total. The number of hydrogen-bond donors (Lipinski definition) is 0. The Morgan fingerprint density at radius 2 is 1.41 bits per heavy atom. The summed E-state index contributed by atoms with van der Waals surface area (Å²) in [4.78, 5) is 42.5. The zero-order valence-electron chi connectivity index (χ0n) is 14.0. The third-order valence-corrected chi connectivity index (χ3v) is 5.55. The minimum Gasteiger partial charge on any atom is -0.299 e. The third kappa shape index (κ3) is 2.37. The van der Waals surface area contributed by atoms with Crippen LogP contribution in [0.1, 0.15) is 59.8 Å². The van der Waals surface area contributed by atoms with E-state index >= 15 is 0 Å². The second kappa shape index (κ2) is 4.59. The zero-order valence-corrected chi connectivity index (χ0v) is 14.0. The minimum atomic E-state index is -1.01. The van der Waals surface area contributed by atoms with Crippen LogP contribution in [0, 0.1) is 22.2 Å². The van der Waals surface area contributed by atoms with E-state index in [2.05, 4.69) is 18.8 Å². The molecule has 0 aromatic heterocycles. The van der Waals surface area contributed by atoms with Gasteiger partial charge in [-0.05, 0) is 23.7 Å². The van der Waals surface area contributed by atoms with E-state index in [0.717, 1.165) is 12.1 Å². The Bertz CT molecular complexity index is 577. The summed E-state index contributed by atoms with van der Waals surface area (Å²) in [5, 5.41) is 0. The van der Waals surface area contributed by atoms with Gasteiger partial charge < -0.3 is 0 Å². The summed E-state index contributed by atoms with van der Waals surface area (Å²) in [6, 6.07) is 0. The molecule has 0 bridgehead atoms. The van der Waals surface area contributed by atoms with Gasteiger partial charge in [0.2, 0.25) is 0 Å². The summed E-state index contributed by atoms with van der Waals surface area (Å²) >= 11 is 0. The van der Waals surface area contributed by atoms with Gasteiger partial charge in [-0.1, -0.05) is 27.7 Å². The number of nitrogens with zero attached hydrogens (tertiary/aromatic N) is 1. The second-order valence-electron chi connectivity index (χ2n) is 8.99. The van der Waals surface area contributed by atoms with E-state index in [1.807, 2.05) is 13.8 Å². The second-order valence-corrected chi connectivity index (χ2v) is 8.99. The van der Waals surface area contributed by atoms with Gasteiger partial charge in [-0.15, -0.1) is 0 Å². The van der Waals surface area contributed by atoms with Crippen molar-refractivity contribution in [2.45, 2.75) is 59.8 Å². The molecule has 0 radical (unpaired) electrons. The molecule has 2 aliphatic carbocycles. The summed E-state index contributed by atoms with van der Waals surface area (Å²) in [6.07, 6.45) is 2.51. The van der Waals surface area contributed by atoms with Gasteiger partial charge in [0.05, 0.1) is 12.5 Å². The van der Waals surface area contributed by atoms with Crippen molar-refractivity contribution in [2.75, 3.05) is 6.54 Å². The molecule has 120 valence electrons. The highest BCUT2D eigenvalue weighted by Crippen LogP contribution is 2.48. The van der Waals surface area contributed by atoms with E-state index < -0.39 is 5.41 Å². The Hall–Kier alpha value is -1.32. The van der Waals surface area contributed by atoms with E-state index in [4.69, 9.17) is 0 Å². The van der Waals surface area contributed by atoms with Gasteiger partial charge >= 0.3 is 0 Å². The molecule has 4 nitrogen and oxygen atoms in total. The summed E-state index contributed by atoms with van der Waals surface area (Å²) in [6.45, 7) is 8.33. The van der Waals surface area contributed by atoms with Gasteiger partial charge in [-0.25, -0.2) is 0 Å². The first kappa shape index (κ1) is 15.6. The summed E-state index contributed by atoms with van der Waals surface area (Å²) in [5.41, 5.74) is -0.417. The fourth-order valence-corrected chi connectivity index (χ4v) is 4.33. The molecule has 0 saturated heterocycles. The van der Waals surface area contributed by atoms with Crippen LogP contribution in [-0.2, 0) is 14.4 Å². The Labute approximate surface area is 131 Å². The smallest absolute Gasteiger partial charge is 0.148 e. The predicted molar refractivity (Wildman–Crippen MR) is 83.9 cm³/mol. The number of rotatable bonds is 0. The normalized spacial score (nSPS) is 32.6. The maximum atomic E-state index is 12.7. The standard InChI is InChI=1S/C18H25NO3/c1-16(2)6-12-11(13(20)7-16)5-18(10-19-12)14(21)8-17(3,4)9-15(18)22/h11H,5-10H2,1-4H3. The van der Waals surface area contributed by atoms with E-state index in [9.17, 15) is 14.4 Å². The molecule has 3 rings (SSSR count). The maximum absolute atomic E-state index is 12.7. The molecule has 4 heteroatoms. The first-order chi connectivity index (χ1) is 10.0. The summed E-state index contributed by atoms with van der Waals surface area (Å²) in [5.74, 6) is -0.168. The van der Waals surface area contributed by atoms with Crippen LogP contribution in [0.2, 0.25) is 0 Å². The number of fused-ring (bicyclic) bond motifs is 1. The van der Waals surface area contributed by atoms with Crippen LogP contribution >= 0.6 is 0 Å². The maximum Gasteiger partial charge on any atom is 0.148 e. The third-order valence-electron chi connectivity index (χ3n) is 5.55. The Kier molecular flexibility index (Phi) is 3.25. The number of aliphatic imine (C=N–C) groups is 1. The average Bonchev–Trinajstić information content (AvgIpc) is 2.34. The van der Waals surface area contributed by atoms with Gasteiger partial charge in [0, 0.05) is 25.0 Å². The van der Waals surface area contributed by atoms with Crippen molar-refractivity contribution in [1.29, 1.82) is 0 Å². The van der Waals surface area contributed by atoms with E-state index in [1.54, 1.807) is 0 Å². The van der Waals surface area contributed by atoms with Crippen molar-refractivity contribution < 1.29 is 14.4 Å². The SMILES string of the molecule is CC1(C)CC(=O)C2(CN=C3CC(C)(C)CC(=O)C3C2)C(=O)C1. The van der Waals surface area contributed by atoms with E-state index in [-0.39, 0.29) is 40.6 Å². The van der Waals surface area contributed by atoms with E-state index in [1.165, 1.54) is 0 Å². The number of ketones is 3. The van der Waals surface area contributed by atoms with Crippen LogP contribution in [0.3, 0.4) is 0 Å². The van der Waals surface area contributed by atoms with Crippen molar-refractivity contribution >= 4 is 23.1 Å². The van der Waals surface area contributed by atoms with Crippen LogP contribution < -0.4 is 0 Å². The van der Waals surface area contributed by atoms with Crippen LogP contribution in [0.5, 0.6) is 0 Å². The largest absolute Gasteiger partial charge is 0.299 e. The number of carbonyl (C=O) groups excluding carboxylic acids is 3. The molecule has 22 heavy (non-hydrogen) atoms. The highest BCUT2D eigenvalue weighted by atomic mass is 16.2. The fraction of sp³-hybridized carbons (Fsp3) is 0.778. The van der Waals surface area contributed by atoms with Crippen molar-refractivity contribution in [1.82, 2.24) is 0 Å². The Balaban J connectivity index is 1.94. The van der Waals surface area contributed by atoms with E-state index in [0.29, 0.717) is 25.7 Å². The lowest BCUT2D eigenvalue weighted by atomic mass is 9.57.